The van der Waals surface area contributed by atoms with Crippen LogP contribution in [0, 0.1) is 6.92 Å². The molecule has 7 nitrogen and oxygen atoms in total. The second-order valence-electron chi connectivity index (χ2n) is 7.00. The number of Topliss-reactive ketones (excluding diaryl/α,β-unsaturated/α-hetero) is 1. The molecule has 8 heteroatoms. The first kappa shape index (κ1) is 21.7. The second kappa shape index (κ2) is 9.67. The Labute approximate surface area is 178 Å². The van der Waals surface area contributed by atoms with Crippen molar-refractivity contribution in [3.63, 3.8) is 0 Å². The summed E-state index contributed by atoms with van der Waals surface area (Å²) in [6.45, 7) is 3.33. The summed E-state index contributed by atoms with van der Waals surface area (Å²) in [5.74, 6) is -0.623. The van der Waals surface area contributed by atoms with E-state index in [0.717, 1.165) is 11.1 Å². The number of carbonyl (C=O) groups excluding carboxylic acids is 3. The standard InChI is InChI=1S/C22H23NO6S/c1-13-3-5-15(6-4-13)18(25)10-21(30-11-17(22(26)27)23-14(2)24)16-7-8-19-20(9-16)29-12-28-19/h3-9,17,21H,10-12H2,1-2H3,(H,23,24)(H,26,27)/p-1/t17-,21+/m0/s1. The molecule has 1 aliphatic rings. The summed E-state index contributed by atoms with van der Waals surface area (Å²) in [4.78, 5) is 35.5. The first-order chi connectivity index (χ1) is 14.3. The first-order valence-corrected chi connectivity index (χ1v) is 10.5. The molecule has 0 aromatic heterocycles. The molecule has 0 aliphatic carbocycles. The van der Waals surface area contributed by atoms with Crippen molar-refractivity contribution in [3.05, 3.63) is 59.2 Å². The van der Waals surface area contributed by atoms with Gasteiger partial charge in [0.15, 0.2) is 17.3 Å². The molecule has 0 saturated heterocycles. The molecule has 0 saturated carbocycles. The van der Waals surface area contributed by atoms with Crippen LogP contribution in [0.3, 0.4) is 0 Å². The number of carboxylic acids is 1. The number of fused-ring (bicyclic) bond motifs is 1. The third kappa shape index (κ3) is 5.54. The Bertz CT molecular complexity index is 943. The molecule has 0 fully saturated rings. The lowest BCUT2D eigenvalue weighted by atomic mass is 10.0. The highest BCUT2D eigenvalue weighted by Gasteiger charge is 2.23. The summed E-state index contributed by atoms with van der Waals surface area (Å²) in [5, 5.41) is 13.4. The number of aryl methyl sites for hydroxylation is 1. The van der Waals surface area contributed by atoms with Crippen LogP contribution >= 0.6 is 11.8 Å². The monoisotopic (exact) mass is 428 g/mol. The fourth-order valence-corrected chi connectivity index (χ4v) is 4.29. The van der Waals surface area contributed by atoms with Gasteiger partial charge in [-0.3, -0.25) is 9.59 Å². The zero-order chi connectivity index (χ0) is 21.7. The van der Waals surface area contributed by atoms with E-state index in [1.165, 1.54) is 18.7 Å². The largest absolute Gasteiger partial charge is 0.548 e. The van der Waals surface area contributed by atoms with E-state index in [0.29, 0.717) is 17.1 Å². The number of ether oxygens (including phenoxy) is 2. The maximum Gasteiger partial charge on any atom is 0.231 e. The number of aliphatic carboxylic acids is 1. The van der Waals surface area contributed by atoms with Gasteiger partial charge >= 0.3 is 0 Å². The van der Waals surface area contributed by atoms with Gasteiger partial charge in [0.1, 0.15) is 0 Å². The Balaban J connectivity index is 1.80. The molecule has 0 radical (unpaired) electrons. The lowest BCUT2D eigenvalue weighted by Crippen LogP contribution is -2.48. The van der Waals surface area contributed by atoms with Gasteiger partial charge in [-0.25, -0.2) is 0 Å². The van der Waals surface area contributed by atoms with Crippen LogP contribution in [0.5, 0.6) is 11.5 Å². The maximum absolute atomic E-state index is 12.9. The number of amides is 1. The van der Waals surface area contributed by atoms with Crippen LogP contribution in [-0.2, 0) is 9.59 Å². The molecule has 0 unspecified atom stereocenters. The van der Waals surface area contributed by atoms with Crippen molar-refractivity contribution in [2.45, 2.75) is 31.6 Å². The predicted octanol–water partition coefficient (Wildman–Crippen LogP) is 2.03. The summed E-state index contributed by atoms with van der Waals surface area (Å²) in [7, 11) is 0. The van der Waals surface area contributed by atoms with Crippen LogP contribution in [0.2, 0.25) is 0 Å². The highest BCUT2D eigenvalue weighted by Crippen LogP contribution is 2.40. The Kier molecular flexibility index (Phi) is 6.99. The third-order valence-corrected chi connectivity index (χ3v) is 6.01. The molecule has 2 atom stereocenters. The van der Waals surface area contributed by atoms with Gasteiger partial charge in [0.2, 0.25) is 12.7 Å². The minimum Gasteiger partial charge on any atom is -0.548 e. The minimum absolute atomic E-state index is 0.0577. The highest BCUT2D eigenvalue weighted by molar-refractivity contribution is 7.99. The van der Waals surface area contributed by atoms with E-state index in [1.54, 1.807) is 24.3 Å². The van der Waals surface area contributed by atoms with Crippen LogP contribution in [-0.4, -0.2) is 36.2 Å². The van der Waals surface area contributed by atoms with Crippen molar-refractivity contribution in [1.82, 2.24) is 5.32 Å². The van der Waals surface area contributed by atoms with Crippen LogP contribution in [0.4, 0.5) is 0 Å². The smallest absolute Gasteiger partial charge is 0.231 e. The van der Waals surface area contributed by atoms with Gasteiger partial charge in [-0.2, -0.15) is 11.8 Å². The fraction of sp³-hybridized carbons (Fsp3) is 0.318. The number of hydrogen-bond acceptors (Lipinski definition) is 7. The second-order valence-corrected chi connectivity index (χ2v) is 8.24. The summed E-state index contributed by atoms with van der Waals surface area (Å²) >= 11 is 1.27. The van der Waals surface area contributed by atoms with Gasteiger partial charge < -0.3 is 24.7 Å². The van der Waals surface area contributed by atoms with Gasteiger partial charge in [0, 0.05) is 29.9 Å². The van der Waals surface area contributed by atoms with E-state index >= 15 is 0 Å². The van der Waals surface area contributed by atoms with Gasteiger partial charge in [-0.05, 0) is 24.6 Å². The highest BCUT2D eigenvalue weighted by atomic mass is 32.2. The average molecular weight is 428 g/mol. The summed E-state index contributed by atoms with van der Waals surface area (Å²) in [5.41, 5.74) is 2.45. The van der Waals surface area contributed by atoms with Crippen molar-refractivity contribution < 1.29 is 29.0 Å². The van der Waals surface area contributed by atoms with E-state index in [-0.39, 0.29) is 30.0 Å². The van der Waals surface area contributed by atoms with Gasteiger partial charge in [-0.1, -0.05) is 35.9 Å². The molecule has 158 valence electrons. The Morgan fingerprint density at radius 2 is 1.80 bits per heavy atom. The minimum atomic E-state index is -1.37. The average Bonchev–Trinajstić information content (AvgIpc) is 3.17. The fourth-order valence-electron chi connectivity index (χ4n) is 3.04. The van der Waals surface area contributed by atoms with Crippen LogP contribution < -0.4 is 19.9 Å². The van der Waals surface area contributed by atoms with Crippen molar-refractivity contribution >= 4 is 29.4 Å². The van der Waals surface area contributed by atoms with Crippen molar-refractivity contribution in [3.8, 4) is 11.5 Å². The van der Waals surface area contributed by atoms with Gasteiger partial charge in [-0.15, -0.1) is 0 Å². The number of carboxylic acid groups (broad SMARTS) is 1. The molecule has 1 heterocycles. The van der Waals surface area contributed by atoms with E-state index in [4.69, 9.17) is 9.47 Å². The van der Waals surface area contributed by atoms with E-state index in [9.17, 15) is 19.5 Å². The molecule has 30 heavy (non-hydrogen) atoms. The lowest BCUT2D eigenvalue weighted by Gasteiger charge is -2.23. The molecule has 3 rings (SSSR count). The van der Waals surface area contributed by atoms with Crippen molar-refractivity contribution in [2.75, 3.05) is 12.5 Å². The normalized spacial score (nSPS) is 14.1. The number of rotatable bonds is 9. The van der Waals surface area contributed by atoms with Gasteiger partial charge in [0.25, 0.3) is 0 Å². The number of carbonyl (C=O) groups is 3. The number of thioether (sulfide) groups is 1. The topological polar surface area (TPSA) is 105 Å². The molecule has 2 aromatic carbocycles. The van der Waals surface area contributed by atoms with Crippen LogP contribution in [0.1, 0.15) is 40.1 Å². The number of hydrogen-bond donors (Lipinski definition) is 1. The molecule has 0 spiro atoms. The lowest BCUT2D eigenvalue weighted by molar-refractivity contribution is -0.307. The maximum atomic E-state index is 12.9. The van der Waals surface area contributed by atoms with E-state index in [1.807, 2.05) is 25.1 Å². The van der Waals surface area contributed by atoms with Crippen LogP contribution in [0.25, 0.3) is 0 Å². The van der Waals surface area contributed by atoms with Crippen LogP contribution in [0.15, 0.2) is 42.5 Å². The quantitative estimate of drug-likeness (QED) is 0.609. The SMILES string of the molecule is CC(=O)N[C@@H](CS[C@H](CC(=O)c1ccc(C)cc1)c1ccc2c(c1)OCO2)C(=O)[O-]. The van der Waals surface area contributed by atoms with E-state index in [2.05, 4.69) is 5.32 Å². The Morgan fingerprint density at radius 1 is 1.10 bits per heavy atom. The molecular formula is C22H22NO6S-. The number of nitrogens with one attached hydrogen (secondary N) is 1. The number of ketones is 1. The third-order valence-electron chi connectivity index (χ3n) is 4.64. The van der Waals surface area contributed by atoms with Crippen molar-refractivity contribution in [1.29, 1.82) is 0 Å². The Morgan fingerprint density at radius 3 is 2.47 bits per heavy atom. The van der Waals surface area contributed by atoms with E-state index < -0.39 is 17.9 Å². The van der Waals surface area contributed by atoms with Crippen molar-refractivity contribution in [2.24, 2.45) is 0 Å². The summed E-state index contributed by atoms with van der Waals surface area (Å²) in [6, 6.07) is 11.6. The Hall–Kier alpha value is -3.00. The first-order valence-electron chi connectivity index (χ1n) is 9.42. The zero-order valence-corrected chi connectivity index (χ0v) is 17.5. The predicted molar refractivity (Wildman–Crippen MR) is 111 cm³/mol. The molecular weight excluding hydrogens is 406 g/mol. The number of benzene rings is 2. The van der Waals surface area contributed by atoms with Gasteiger partial charge in [0.05, 0.1) is 12.0 Å². The molecule has 0 bridgehead atoms. The summed E-state index contributed by atoms with van der Waals surface area (Å²) in [6.07, 6.45) is 0.160. The molecule has 1 amide bonds. The molecule has 2 aromatic rings. The molecule has 1 N–H and O–H groups in total. The molecule has 1 aliphatic heterocycles. The summed E-state index contributed by atoms with van der Waals surface area (Å²) < 4.78 is 10.8. The zero-order valence-electron chi connectivity index (χ0n) is 16.7.